The van der Waals surface area contributed by atoms with Gasteiger partial charge in [0.05, 0.1) is 24.2 Å². The fraction of sp³-hybridized carbons (Fsp3) is 1.00. The molecule has 0 bridgehead atoms. The van der Waals surface area contributed by atoms with Gasteiger partial charge in [-0.05, 0) is 27.2 Å². The Kier molecular flexibility index (Phi) is 6.31. The third-order valence-corrected chi connectivity index (χ3v) is 3.38. The van der Waals surface area contributed by atoms with E-state index in [0.717, 1.165) is 0 Å². The summed E-state index contributed by atoms with van der Waals surface area (Å²) in [4.78, 5) is 0. The number of hydrogen-bond acceptors (Lipinski definition) is 4. The van der Waals surface area contributed by atoms with Gasteiger partial charge in [-0.25, -0.2) is 8.42 Å². The standard InChI is InChI=1S/C9H21NO3S/c1-8(2)13-5-7-14(11,12)6-4-9(3)10/h8-9H,4-7,10H2,1-3H3. The summed E-state index contributed by atoms with van der Waals surface area (Å²) in [6.45, 7) is 5.85. The molecule has 1 atom stereocenters. The molecule has 0 heterocycles. The molecular weight excluding hydrogens is 202 g/mol. The second kappa shape index (κ2) is 6.37. The van der Waals surface area contributed by atoms with E-state index in [1.165, 1.54) is 0 Å². The van der Waals surface area contributed by atoms with Gasteiger partial charge in [0.1, 0.15) is 0 Å². The number of nitrogens with two attached hydrogens (primary N) is 1. The molecule has 2 N–H and O–H groups in total. The first-order valence-corrected chi connectivity index (χ1v) is 6.73. The largest absolute Gasteiger partial charge is 0.378 e. The van der Waals surface area contributed by atoms with Crippen molar-refractivity contribution in [3.8, 4) is 0 Å². The number of rotatable bonds is 7. The molecule has 0 radical (unpaired) electrons. The lowest BCUT2D eigenvalue weighted by atomic mass is 10.3. The second-order valence-corrected chi connectivity index (χ2v) is 6.14. The minimum atomic E-state index is -2.98. The normalized spacial score (nSPS) is 14.6. The molecule has 0 saturated heterocycles. The summed E-state index contributed by atoms with van der Waals surface area (Å²) in [6.07, 6.45) is 0.600. The average molecular weight is 223 g/mol. The molecule has 0 fully saturated rings. The van der Waals surface area contributed by atoms with E-state index < -0.39 is 9.84 Å². The molecule has 14 heavy (non-hydrogen) atoms. The van der Waals surface area contributed by atoms with Crippen LogP contribution in [-0.4, -0.2) is 38.7 Å². The first-order chi connectivity index (χ1) is 6.33. The summed E-state index contributed by atoms with van der Waals surface area (Å²) in [5, 5.41) is 0. The third kappa shape index (κ3) is 8.47. The monoisotopic (exact) mass is 223 g/mol. The summed E-state index contributed by atoms with van der Waals surface area (Å²) < 4.78 is 27.9. The highest BCUT2D eigenvalue weighted by molar-refractivity contribution is 7.91. The fourth-order valence-corrected chi connectivity index (χ4v) is 2.16. The van der Waals surface area contributed by atoms with Gasteiger partial charge in [0.15, 0.2) is 9.84 Å². The smallest absolute Gasteiger partial charge is 0.152 e. The van der Waals surface area contributed by atoms with Crippen LogP contribution in [0, 0.1) is 0 Å². The van der Waals surface area contributed by atoms with Gasteiger partial charge in [-0.1, -0.05) is 0 Å². The summed E-state index contributed by atoms with van der Waals surface area (Å²) in [7, 11) is -2.98. The number of ether oxygens (including phenoxy) is 1. The van der Waals surface area contributed by atoms with Gasteiger partial charge in [0.25, 0.3) is 0 Å². The van der Waals surface area contributed by atoms with Crippen molar-refractivity contribution in [3.05, 3.63) is 0 Å². The van der Waals surface area contributed by atoms with Crippen LogP contribution in [0.5, 0.6) is 0 Å². The molecule has 0 aliphatic heterocycles. The first-order valence-electron chi connectivity index (χ1n) is 4.91. The van der Waals surface area contributed by atoms with Crippen LogP contribution < -0.4 is 5.73 Å². The van der Waals surface area contributed by atoms with Crippen LogP contribution in [0.1, 0.15) is 27.2 Å². The highest BCUT2D eigenvalue weighted by Gasteiger charge is 2.11. The van der Waals surface area contributed by atoms with E-state index in [2.05, 4.69) is 0 Å². The Balaban J connectivity index is 3.73. The average Bonchev–Trinajstić information content (AvgIpc) is 2.00. The zero-order chi connectivity index (χ0) is 11.2. The minimum Gasteiger partial charge on any atom is -0.378 e. The fourth-order valence-electron chi connectivity index (χ4n) is 0.878. The van der Waals surface area contributed by atoms with Crippen LogP contribution in [-0.2, 0) is 14.6 Å². The molecule has 0 spiro atoms. The van der Waals surface area contributed by atoms with Crippen molar-refractivity contribution < 1.29 is 13.2 Å². The van der Waals surface area contributed by atoms with Crippen molar-refractivity contribution in [1.29, 1.82) is 0 Å². The lowest BCUT2D eigenvalue weighted by molar-refractivity contribution is 0.0912. The van der Waals surface area contributed by atoms with Crippen LogP contribution in [0.4, 0.5) is 0 Å². The van der Waals surface area contributed by atoms with Crippen LogP contribution in [0.2, 0.25) is 0 Å². The molecule has 0 saturated carbocycles. The molecule has 0 aliphatic carbocycles. The van der Waals surface area contributed by atoms with E-state index in [1.807, 2.05) is 13.8 Å². The Bertz CT molecular complexity index is 234. The molecule has 0 rings (SSSR count). The molecule has 0 aromatic rings. The van der Waals surface area contributed by atoms with Crippen molar-refractivity contribution in [2.45, 2.75) is 39.3 Å². The van der Waals surface area contributed by atoms with Crippen LogP contribution >= 0.6 is 0 Å². The Labute approximate surface area is 86.7 Å². The molecule has 5 heteroatoms. The molecule has 1 unspecified atom stereocenters. The van der Waals surface area contributed by atoms with Crippen LogP contribution in [0.3, 0.4) is 0 Å². The van der Waals surface area contributed by atoms with Crippen molar-refractivity contribution in [2.75, 3.05) is 18.1 Å². The maximum atomic E-state index is 11.4. The van der Waals surface area contributed by atoms with Crippen molar-refractivity contribution in [1.82, 2.24) is 0 Å². The summed E-state index contributed by atoms with van der Waals surface area (Å²) in [5.74, 6) is 0.254. The minimum absolute atomic E-state index is 0.0595. The zero-order valence-electron chi connectivity index (χ0n) is 9.19. The molecule has 0 aliphatic rings. The first kappa shape index (κ1) is 13.9. The lowest BCUT2D eigenvalue weighted by Crippen LogP contribution is -2.23. The van der Waals surface area contributed by atoms with E-state index in [0.29, 0.717) is 6.42 Å². The van der Waals surface area contributed by atoms with Gasteiger partial charge in [-0.15, -0.1) is 0 Å². The highest BCUT2D eigenvalue weighted by atomic mass is 32.2. The molecule has 0 amide bonds. The number of hydrogen-bond donors (Lipinski definition) is 1. The zero-order valence-corrected chi connectivity index (χ0v) is 10.0. The molecule has 0 aromatic carbocycles. The Morgan fingerprint density at radius 2 is 1.79 bits per heavy atom. The Morgan fingerprint density at radius 3 is 2.21 bits per heavy atom. The van der Waals surface area contributed by atoms with Gasteiger partial charge in [0, 0.05) is 6.04 Å². The van der Waals surface area contributed by atoms with Gasteiger partial charge >= 0.3 is 0 Å². The second-order valence-electron chi connectivity index (χ2n) is 3.84. The van der Waals surface area contributed by atoms with Gasteiger partial charge < -0.3 is 10.5 Å². The quantitative estimate of drug-likeness (QED) is 0.685. The SMILES string of the molecule is CC(N)CCS(=O)(=O)CCOC(C)C. The van der Waals surface area contributed by atoms with E-state index in [-0.39, 0.29) is 30.3 Å². The molecule has 0 aromatic heterocycles. The lowest BCUT2D eigenvalue weighted by Gasteiger charge is -2.09. The summed E-state index contributed by atoms with van der Waals surface area (Å²) in [6, 6.07) is -0.0595. The Morgan fingerprint density at radius 1 is 1.21 bits per heavy atom. The van der Waals surface area contributed by atoms with E-state index >= 15 is 0 Å². The van der Waals surface area contributed by atoms with Gasteiger partial charge in [-0.3, -0.25) is 0 Å². The van der Waals surface area contributed by atoms with Crippen molar-refractivity contribution >= 4 is 9.84 Å². The van der Waals surface area contributed by atoms with Crippen LogP contribution in [0.25, 0.3) is 0 Å². The predicted molar refractivity (Wildman–Crippen MR) is 58.0 cm³/mol. The van der Waals surface area contributed by atoms with E-state index in [1.54, 1.807) is 6.92 Å². The van der Waals surface area contributed by atoms with Gasteiger partial charge in [-0.2, -0.15) is 0 Å². The van der Waals surface area contributed by atoms with E-state index in [9.17, 15) is 8.42 Å². The maximum Gasteiger partial charge on any atom is 0.152 e. The summed E-state index contributed by atoms with van der Waals surface area (Å²) in [5.41, 5.74) is 5.48. The molecule has 4 nitrogen and oxygen atoms in total. The van der Waals surface area contributed by atoms with Crippen LogP contribution in [0.15, 0.2) is 0 Å². The highest BCUT2D eigenvalue weighted by Crippen LogP contribution is 1.98. The topological polar surface area (TPSA) is 69.4 Å². The van der Waals surface area contributed by atoms with Crippen molar-refractivity contribution in [3.63, 3.8) is 0 Å². The third-order valence-electron chi connectivity index (χ3n) is 1.73. The molecule has 86 valence electrons. The number of sulfone groups is 1. The summed E-state index contributed by atoms with van der Waals surface area (Å²) >= 11 is 0. The predicted octanol–water partition coefficient (Wildman–Crippen LogP) is 0.563. The maximum absolute atomic E-state index is 11.4. The molecular formula is C9H21NO3S. The van der Waals surface area contributed by atoms with Crippen molar-refractivity contribution in [2.24, 2.45) is 5.73 Å². The van der Waals surface area contributed by atoms with Gasteiger partial charge in [0.2, 0.25) is 0 Å². The van der Waals surface area contributed by atoms with E-state index in [4.69, 9.17) is 10.5 Å². The Hall–Kier alpha value is -0.130.